The van der Waals surface area contributed by atoms with Crippen molar-refractivity contribution in [3.8, 4) is 11.5 Å². The zero-order chi connectivity index (χ0) is 23.6. The van der Waals surface area contributed by atoms with Crippen LogP contribution in [0.4, 0.5) is 5.69 Å². The predicted octanol–water partition coefficient (Wildman–Crippen LogP) is 2.25. The van der Waals surface area contributed by atoms with Crippen LogP contribution >= 0.6 is 0 Å². The third-order valence-corrected chi connectivity index (χ3v) is 4.87. The standard InChI is InChI=1S/C24H29N5O4/c1-28(16-19-15-22(30)27-24(32)26-19)13-6-14-29(2)17-23(31)25-18-9-11-21(12-10-18)33-20-7-4-3-5-8-20/h3-5,7-12,15H,6,13-14,16-17H2,1-2H3,(H,25,31)(H2,26,27,30,32). The van der Waals surface area contributed by atoms with Crippen molar-refractivity contribution in [2.45, 2.75) is 13.0 Å². The number of carbonyl (C=O) groups excluding carboxylic acids is 1. The van der Waals surface area contributed by atoms with Crippen LogP contribution in [0.3, 0.4) is 0 Å². The summed E-state index contributed by atoms with van der Waals surface area (Å²) in [5.74, 6) is 1.36. The number of hydrogen-bond donors (Lipinski definition) is 3. The van der Waals surface area contributed by atoms with E-state index in [0.29, 0.717) is 23.7 Å². The summed E-state index contributed by atoms with van der Waals surface area (Å²) >= 11 is 0. The van der Waals surface area contributed by atoms with Gasteiger partial charge in [0, 0.05) is 24.0 Å². The molecule has 0 saturated heterocycles. The van der Waals surface area contributed by atoms with E-state index in [0.717, 1.165) is 25.3 Å². The summed E-state index contributed by atoms with van der Waals surface area (Å²) in [5, 5.41) is 2.89. The van der Waals surface area contributed by atoms with E-state index in [2.05, 4.69) is 15.3 Å². The van der Waals surface area contributed by atoms with Crippen molar-refractivity contribution in [1.82, 2.24) is 19.8 Å². The van der Waals surface area contributed by atoms with Gasteiger partial charge in [-0.2, -0.15) is 0 Å². The van der Waals surface area contributed by atoms with Gasteiger partial charge in [0.1, 0.15) is 11.5 Å². The van der Waals surface area contributed by atoms with Crippen molar-refractivity contribution in [3.05, 3.63) is 87.2 Å². The fraction of sp³-hybridized carbons (Fsp3) is 0.292. The fourth-order valence-corrected chi connectivity index (χ4v) is 3.34. The van der Waals surface area contributed by atoms with Crippen molar-refractivity contribution in [2.24, 2.45) is 0 Å². The number of likely N-dealkylation sites (N-methyl/N-ethyl adjacent to an activating group) is 1. The highest BCUT2D eigenvalue weighted by Crippen LogP contribution is 2.22. The highest BCUT2D eigenvalue weighted by atomic mass is 16.5. The first kappa shape index (κ1) is 24.0. The molecule has 3 rings (SSSR count). The molecule has 3 aromatic rings. The number of benzene rings is 2. The number of aromatic nitrogens is 2. The lowest BCUT2D eigenvalue weighted by Crippen LogP contribution is -2.32. The largest absolute Gasteiger partial charge is 0.457 e. The Labute approximate surface area is 192 Å². The van der Waals surface area contributed by atoms with E-state index in [-0.39, 0.29) is 12.5 Å². The summed E-state index contributed by atoms with van der Waals surface area (Å²) in [5.41, 5.74) is 0.362. The number of aromatic amines is 2. The van der Waals surface area contributed by atoms with Gasteiger partial charge in [-0.05, 0) is 70.0 Å². The maximum atomic E-state index is 12.3. The molecule has 0 saturated carbocycles. The molecule has 1 heterocycles. The van der Waals surface area contributed by atoms with Gasteiger partial charge < -0.3 is 19.9 Å². The zero-order valence-corrected chi connectivity index (χ0v) is 18.8. The normalized spacial score (nSPS) is 11.0. The van der Waals surface area contributed by atoms with Crippen LogP contribution in [-0.2, 0) is 11.3 Å². The first-order valence-electron chi connectivity index (χ1n) is 10.7. The van der Waals surface area contributed by atoms with Gasteiger partial charge in [0.15, 0.2) is 0 Å². The summed E-state index contributed by atoms with van der Waals surface area (Å²) < 4.78 is 5.76. The van der Waals surface area contributed by atoms with Crippen molar-refractivity contribution in [2.75, 3.05) is 39.0 Å². The van der Waals surface area contributed by atoms with E-state index in [1.807, 2.05) is 78.5 Å². The molecule has 0 atom stereocenters. The molecule has 0 radical (unpaired) electrons. The molecule has 0 unspecified atom stereocenters. The molecular weight excluding hydrogens is 422 g/mol. The molecule has 9 heteroatoms. The quantitative estimate of drug-likeness (QED) is 0.412. The van der Waals surface area contributed by atoms with Crippen molar-refractivity contribution in [3.63, 3.8) is 0 Å². The van der Waals surface area contributed by atoms with E-state index in [4.69, 9.17) is 4.74 Å². The van der Waals surface area contributed by atoms with Crippen LogP contribution < -0.4 is 21.3 Å². The molecule has 174 valence electrons. The zero-order valence-electron chi connectivity index (χ0n) is 18.8. The Bertz CT molecular complexity index is 1110. The maximum absolute atomic E-state index is 12.3. The third kappa shape index (κ3) is 8.40. The number of nitrogens with zero attached hydrogens (tertiary/aromatic N) is 2. The molecule has 0 aliphatic rings. The Morgan fingerprint density at radius 3 is 2.27 bits per heavy atom. The Hall–Kier alpha value is -3.69. The minimum Gasteiger partial charge on any atom is -0.457 e. The first-order valence-corrected chi connectivity index (χ1v) is 10.7. The molecule has 0 aliphatic carbocycles. The van der Waals surface area contributed by atoms with Gasteiger partial charge in [0.2, 0.25) is 5.91 Å². The Morgan fingerprint density at radius 2 is 1.58 bits per heavy atom. The number of ether oxygens (including phenoxy) is 1. The lowest BCUT2D eigenvalue weighted by Gasteiger charge is -2.20. The van der Waals surface area contributed by atoms with Gasteiger partial charge in [0.05, 0.1) is 6.54 Å². The van der Waals surface area contributed by atoms with Crippen molar-refractivity contribution >= 4 is 11.6 Å². The maximum Gasteiger partial charge on any atom is 0.325 e. The second-order valence-corrected chi connectivity index (χ2v) is 7.93. The minimum absolute atomic E-state index is 0.0938. The van der Waals surface area contributed by atoms with Crippen LogP contribution in [0.2, 0.25) is 0 Å². The van der Waals surface area contributed by atoms with Crippen molar-refractivity contribution < 1.29 is 9.53 Å². The van der Waals surface area contributed by atoms with Gasteiger partial charge in [-0.15, -0.1) is 0 Å². The molecule has 9 nitrogen and oxygen atoms in total. The SMILES string of the molecule is CN(CCCN(C)Cc1cc(=O)[nH]c(=O)[nH]1)CC(=O)Nc1ccc(Oc2ccccc2)cc1. The molecule has 3 N–H and O–H groups in total. The molecule has 0 aliphatic heterocycles. The smallest absolute Gasteiger partial charge is 0.325 e. The van der Waals surface area contributed by atoms with E-state index >= 15 is 0 Å². The summed E-state index contributed by atoms with van der Waals surface area (Å²) in [6, 6.07) is 18.1. The van der Waals surface area contributed by atoms with E-state index < -0.39 is 11.2 Å². The highest BCUT2D eigenvalue weighted by Gasteiger charge is 2.09. The molecule has 2 aromatic carbocycles. The van der Waals surface area contributed by atoms with Crippen LogP contribution in [-0.4, -0.2) is 59.4 Å². The van der Waals surface area contributed by atoms with Crippen LogP contribution in [0.25, 0.3) is 0 Å². The van der Waals surface area contributed by atoms with Crippen LogP contribution in [0.1, 0.15) is 12.1 Å². The van der Waals surface area contributed by atoms with Gasteiger partial charge in [-0.1, -0.05) is 18.2 Å². The topological polar surface area (TPSA) is 111 Å². The van der Waals surface area contributed by atoms with Gasteiger partial charge in [-0.3, -0.25) is 19.5 Å². The van der Waals surface area contributed by atoms with Crippen LogP contribution in [0.15, 0.2) is 70.3 Å². The molecule has 0 spiro atoms. The Kier molecular flexibility index (Phi) is 8.56. The Balaban J connectivity index is 1.36. The molecule has 0 fully saturated rings. The monoisotopic (exact) mass is 451 g/mol. The first-order chi connectivity index (χ1) is 15.9. The van der Waals surface area contributed by atoms with Crippen LogP contribution in [0.5, 0.6) is 11.5 Å². The predicted molar refractivity (Wildman–Crippen MR) is 128 cm³/mol. The van der Waals surface area contributed by atoms with Gasteiger partial charge in [-0.25, -0.2) is 4.79 Å². The van der Waals surface area contributed by atoms with E-state index in [1.165, 1.54) is 6.07 Å². The summed E-state index contributed by atoms with van der Waals surface area (Å²) in [4.78, 5) is 43.8. The van der Waals surface area contributed by atoms with E-state index in [9.17, 15) is 14.4 Å². The number of amides is 1. The Morgan fingerprint density at radius 1 is 0.909 bits per heavy atom. The summed E-state index contributed by atoms with van der Waals surface area (Å²) in [6.45, 7) is 2.22. The molecular formula is C24H29N5O4. The number of rotatable bonds is 11. The second-order valence-electron chi connectivity index (χ2n) is 7.93. The minimum atomic E-state index is -0.505. The summed E-state index contributed by atoms with van der Waals surface area (Å²) in [6.07, 6.45) is 0.833. The number of para-hydroxylation sites is 1. The average Bonchev–Trinajstić information content (AvgIpc) is 2.75. The lowest BCUT2D eigenvalue weighted by atomic mass is 10.3. The summed E-state index contributed by atoms with van der Waals surface area (Å²) in [7, 11) is 3.81. The van der Waals surface area contributed by atoms with Crippen LogP contribution in [0, 0.1) is 0 Å². The number of H-pyrrole nitrogens is 2. The van der Waals surface area contributed by atoms with Gasteiger partial charge in [0.25, 0.3) is 5.56 Å². The molecule has 1 aromatic heterocycles. The molecule has 33 heavy (non-hydrogen) atoms. The third-order valence-electron chi connectivity index (χ3n) is 4.87. The van der Waals surface area contributed by atoms with E-state index in [1.54, 1.807) is 0 Å². The number of hydrogen-bond acceptors (Lipinski definition) is 6. The highest BCUT2D eigenvalue weighted by molar-refractivity contribution is 5.92. The number of anilines is 1. The average molecular weight is 452 g/mol. The lowest BCUT2D eigenvalue weighted by molar-refractivity contribution is -0.117. The van der Waals surface area contributed by atoms with Crippen molar-refractivity contribution in [1.29, 1.82) is 0 Å². The molecule has 1 amide bonds. The fourth-order valence-electron chi connectivity index (χ4n) is 3.34. The number of nitrogens with one attached hydrogen (secondary N) is 3. The second kappa shape index (κ2) is 11.8. The van der Waals surface area contributed by atoms with Gasteiger partial charge >= 0.3 is 5.69 Å². The number of carbonyl (C=O) groups is 1. The molecule has 0 bridgehead atoms.